The standard InChI is InChI=1S/C40H30BNSi/c1-25-11-7-16-31-29(25)23-27-13-9-21-37-39(27)41(31)32-15-3-5-19-35(32)43(37)36-20-6-4-17-34(36)42-33-18-8-12-26(2)30(33)24-28-14-10-22-38(43)40(28)42/h3-22H,23-24H2,1-2H3. The van der Waals surface area contributed by atoms with E-state index in [4.69, 9.17) is 0 Å². The first-order valence-corrected chi connectivity index (χ1v) is 17.6. The average molecular weight is 564 g/mol. The topological polar surface area (TPSA) is 3.24 Å². The molecule has 0 bridgehead atoms. The Morgan fingerprint density at radius 3 is 2.00 bits per heavy atom. The summed E-state index contributed by atoms with van der Waals surface area (Å²) < 4.78 is 0. The molecule has 0 saturated carbocycles. The first-order chi connectivity index (χ1) is 21.2. The summed E-state index contributed by atoms with van der Waals surface area (Å²) in [7, 11) is -2.67. The van der Waals surface area contributed by atoms with E-state index in [1.54, 1.807) is 21.0 Å². The molecule has 0 amide bonds. The summed E-state index contributed by atoms with van der Waals surface area (Å²) in [5.41, 5.74) is 17.4. The van der Waals surface area contributed by atoms with Crippen molar-refractivity contribution in [1.29, 1.82) is 0 Å². The van der Waals surface area contributed by atoms with Gasteiger partial charge in [0.15, 0.2) is 8.07 Å². The maximum atomic E-state index is 2.62. The predicted octanol–water partition coefficient (Wildman–Crippen LogP) is 4.10. The number of benzene rings is 6. The van der Waals surface area contributed by atoms with E-state index in [2.05, 4.69) is 140 Å². The third-order valence-electron chi connectivity index (χ3n) is 11.0. The lowest BCUT2D eigenvalue weighted by molar-refractivity contribution is 1.07. The number of anilines is 3. The van der Waals surface area contributed by atoms with Gasteiger partial charge in [-0.2, -0.15) is 0 Å². The molecule has 202 valence electrons. The minimum absolute atomic E-state index is 0.275. The minimum atomic E-state index is -2.67. The van der Waals surface area contributed by atoms with Crippen LogP contribution in [0.4, 0.5) is 17.1 Å². The highest BCUT2D eigenvalue weighted by atomic mass is 28.3. The molecular weight excluding hydrogens is 533 g/mol. The van der Waals surface area contributed by atoms with Crippen molar-refractivity contribution in [3.8, 4) is 0 Å². The van der Waals surface area contributed by atoms with E-state index in [-0.39, 0.29) is 6.71 Å². The second-order valence-electron chi connectivity index (χ2n) is 12.9. The van der Waals surface area contributed by atoms with Crippen LogP contribution in [0.15, 0.2) is 121 Å². The van der Waals surface area contributed by atoms with Crippen LogP contribution in [0.2, 0.25) is 0 Å². The van der Waals surface area contributed by atoms with Gasteiger partial charge in [0, 0.05) is 17.8 Å². The number of hydrogen-bond donors (Lipinski definition) is 0. The molecule has 0 radical (unpaired) electrons. The molecule has 1 atom stereocenters. The molecule has 10 rings (SSSR count). The second kappa shape index (κ2) is 8.27. The molecule has 1 unspecified atom stereocenters. The molecule has 6 aromatic carbocycles. The quantitative estimate of drug-likeness (QED) is 0.251. The molecule has 0 saturated heterocycles. The van der Waals surface area contributed by atoms with Crippen molar-refractivity contribution in [2.24, 2.45) is 0 Å². The average Bonchev–Trinajstić information content (AvgIpc) is 3.04. The summed E-state index contributed by atoms with van der Waals surface area (Å²) >= 11 is 0. The normalized spacial score (nSPS) is 17.8. The third-order valence-corrected chi connectivity index (χ3v) is 15.9. The zero-order valence-corrected chi connectivity index (χ0v) is 25.5. The first kappa shape index (κ1) is 23.9. The molecule has 4 aliphatic heterocycles. The highest BCUT2D eigenvalue weighted by Crippen LogP contribution is 2.46. The van der Waals surface area contributed by atoms with Crippen molar-refractivity contribution >= 4 is 69.0 Å². The van der Waals surface area contributed by atoms with Gasteiger partial charge in [-0.25, -0.2) is 0 Å². The van der Waals surface area contributed by atoms with Crippen molar-refractivity contribution < 1.29 is 0 Å². The van der Waals surface area contributed by atoms with Gasteiger partial charge in [-0.3, -0.25) is 0 Å². The predicted molar refractivity (Wildman–Crippen MR) is 184 cm³/mol. The fraction of sp³-hybridized carbons (Fsp3) is 0.100. The van der Waals surface area contributed by atoms with Gasteiger partial charge in [0.1, 0.15) is 0 Å². The lowest BCUT2D eigenvalue weighted by Gasteiger charge is -2.51. The molecule has 3 heteroatoms. The molecule has 0 aliphatic carbocycles. The Labute approximate surface area is 254 Å². The molecule has 1 nitrogen and oxygen atoms in total. The number of nitrogens with zero attached hydrogens (tertiary/aromatic N) is 1. The summed E-state index contributed by atoms with van der Waals surface area (Å²) in [5, 5.41) is 6.22. The highest BCUT2D eigenvalue weighted by Gasteiger charge is 2.56. The van der Waals surface area contributed by atoms with E-state index in [1.165, 1.54) is 66.6 Å². The molecule has 0 aromatic heterocycles. The molecule has 0 N–H and O–H groups in total. The van der Waals surface area contributed by atoms with Crippen molar-refractivity contribution in [1.82, 2.24) is 0 Å². The Kier molecular flexibility index (Phi) is 4.60. The van der Waals surface area contributed by atoms with Crippen LogP contribution >= 0.6 is 0 Å². The Morgan fingerprint density at radius 1 is 0.512 bits per heavy atom. The van der Waals surface area contributed by atoms with Gasteiger partial charge in [0.2, 0.25) is 6.71 Å². The van der Waals surface area contributed by atoms with Crippen LogP contribution in [0.3, 0.4) is 0 Å². The molecule has 4 heterocycles. The fourth-order valence-electron chi connectivity index (χ4n) is 9.28. The van der Waals surface area contributed by atoms with E-state index < -0.39 is 8.07 Å². The van der Waals surface area contributed by atoms with Crippen LogP contribution in [0, 0.1) is 13.8 Å². The maximum absolute atomic E-state index is 2.67. The van der Waals surface area contributed by atoms with E-state index in [0.717, 1.165) is 12.8 Å². The zero-order valence-electron chi connectivity index (χ0n) is 24.5. The Balaban J connectivity index is 1.38. The summed E-state index contributed by atoms with van der Waals surface area (Å²) in [5.74, 6) is 0. The largest absolute Gasteiger partial charge is 0.310 e. The third kappa shape index (κ3) is 2.80. The van der Waals surface area contributed by atoms with Gasteiger partial charge in [0.25, 0.3) is 0 Å². The van der Waals surface area contributed by atoms with Gasteiger partial charge < -0.3 is 4.90 Å². The lowest BCUT2D eigenvalue weighted by atomic mass is 9.33. The lowest BCUT2D eigenvalue weighted by Crippen LogP contribution is -2.88. The van der Waals surface area contributed by atoms with Gasteiger partial charge in [-0.1, -0.05) is 126 Å². The molecular formula is C40H30BNSi. The van der Waals surface area contributed by atoms with E-state index in [1.807, 2.05) is 0 Å². The van der Waals surface area contributed by atoms with Crippen molar-refractivity contribution in [3.05, 3.63) is 155 Å². The van der Waals surface area contributed by atoms with Crippen molar-refractivity contribution in [2.75, 3.05) is 4.90 Å². The van der Waals surface area contributed by atoms with Crippen molar-refractivity contribution in [3.63, 3.8) is 0 Å². The summed E-state index contributed by atoms with van der Waals surface area (Å²) in [6.45, 7) is 4.84. The molecule has 43 heavy (non-hydrogen) atoms. The van der Waals surface area contributed by atoms with Gasteiger partial charge >= 0.3 is 0 Å². The number of fused-ring (bicyclic) bond motifs is 12. The second-order valence-corrected chi connectivity index (χ2v) is 16.5. The summed E-state index contributed by atoms with van der Waals surface area (Å²) in [6.07, 6.45) is 2.00. The van der Waals surface area contributed by atoms with Crippen LogP contribution in [0.5, 0.6) is 0 Å². The molecule has 4 aliphatic rings. The van der Waals surface area contributed by atoms with E-state index >= 15 is 0 Å². The molecule has 0 fully saturated rings. The number of para-hydroxylation sites is 2. The van der Waals surface area contributed by atoms with E-state index in [9.17, 15) is 0 Å². The Morgan fingerprint density at radius 2 is 1.12 bits per heavy atom. The van der Waals surface area contributed by atoms with E-state index in [0.29, 0.717) is 0 Å². The zero-order chi connectivity index (χ0) is 28.4. The van der Waals surface area contributed by atoms with Crippen LogP contribution in [-0.2, 0) is 12.8 Å². The van der Waals surface area contributed by atoms with Crippen LogP contribution in [0.1, 0.15) is 33.4 Å². The van der Waals surface area contributed by atoms with Crippen LogP contribution in [-0.4, -0.2) is 14.8 Å². The highest BCUT2D eigenvalue weighted by molar-refractivity contribution is 7.27. The molecule has 6 aromatic rings. The van der Waals surface area contributed by atoms with Gasteiger partial charge in [-0.05, 0) is 86.5 Å². The van der Waals surface area contributed by atoms with Crippen LogP contribution < -0.4 is 42.0 Å². The molecule has 1 spiro atoms. The first-order valence-electron chi connectivity index (χ1n) is 15.6. The Hall–Kier alpha value is -4.60. The van der Waals surface area contributed by atoms with Gasteiger partial charge in [0.05, 0.1) is 5.69 Å². The number of hydrogen-bond acceptors (Lipinski definition) is 1. The Bertz CT molecular complexity index is 2040. The number of rotatable bonds is 0. The number of aryl methyl sites for hydroxylation is 2. The smallest absolute Gasteiger partial charge is 0.241 e. The van der Waals surface area contributed by atoms with Crippen molar-refractivity contribution in [2.45, 2.75) is 26.7 Å². The summed E-state index contributed by atoms with van der Waals surface area (Å²) in [6, 6.07) is 47.2. The fourth-order valence-corrected chi connectivity index (χ4v) is 15.0. The SMILES string of the molecule is Cc1cccc2c1Cc1cccc3c1B2c1ccccc1[Si]31c2ccccc2N2c3cccc(C)c3Cc3cccc1c32. The maximum Gasteiger partial charge on any atom is 0.241 e. The minimum Gasteiger partial charge on any atom is -0.310 e. The summed E-state index contributed by atoms with van der Waals surface area (Å²) in [4.78, 5) is 2.62. The van der Waals surface area contributed by atoms with Crippen LogP contribution in [0.25, 0.3) is 0 Å². The van der Waals surface area contributed by atoms with Gasteiger partial charge in [-0.15, -0.1) is 0 Å². The monoisotopic (exact) mass is 563 g/mol.